The first-order valence-electron chi connectivity index (χ1n) is 8.52. The molecule has 4 N–H and O–H groups in total. The van der Waals surface area contributed by atoms with Gasteiger partial charge in [-0.05, 0) is 33.7 Å². The fourth-order valence-electron chi connectivity index (χ4n) is 3.05. The number of rotatable bonds is 2. The first kappa shape index (κ1) is 27.6. The van der Waals surface area contributed by atoms with Crippen LogP contribution in [0.2, 0.25) is 0 Å². The number of fused-ring (bicyclic) bond motifs is 2. The van der Waals surface area contributed by atoms with Crippen LogP contribution in [0.3, 0.4) is 0 Å². The Morgan fingerprint density at radius 1 is 0.625 bits per heavy atom. The molecule has 0 heterocycles. The van der Waals surface area contributed by atoms with Gasteiger partial charge in [0.15, 0.2) is 0 Å². The monoisotopic (exact) mass is 452 g/mol. The van der Waals surface area contributed by atoms with Gasteiger partial charge in [-0.1, -0.05) is 60.0 Å². The van der Waals surface area contributed by atoms with Gasteiger partial charge >= 0.3 is 71.1 Å². The Balaban J connectivity index is 0.000000301. The zero-order valence-electron chi connectivity index (χ0n) is 17.2. The van der Waals surface area contributed by atoms with Crippen molar-refractivity contribution in [2.24, 2.45) is 0 Å². The van der Waals surface area contributed by atoms with Gasteiger partial charge in [0.2, 0.25) is 0 Å². The van der Waals surface area contributed by atoms with Gasteiger partial charge in [0, 0.05) is 0 Å². The Kier molecular flexibility index (Phi) is 9.84. The molecular formula is C22H14Na2O8. The molecule has 8 nitrogen and oxygen atoms in total. The maximum Gasteiger partial charge on any atom is 1.00 e. The molecule has 0 aliphatic heterocycles. The molecule has 0 aliphatic rings. The molecule has 0 fully saturated rings. The number of benzene rings is 4. The molecule has 0 aliphatic carbocycles. The summed E-state index contributed by atoms with van der Waals surface area (Å²) in [5.74, 6) is -5.42. The van der Waals surface area contributed by atoms with E-state index < -0.39 is 34.9 Å². The maximum absolute atomic E-state index is 11.4. The predicted octanol–water partition coefficient (Wildman–Crippen LogP) is -3.36. The van der Waals surface area contributed by atoms with Crippen molar-refractivity contribution in [2.45, 2.75) is 0 Å². The van der Waals surface area contributed by atoms with Crippen molar-refractivity contribution in [1.29, 1.82) is 0 Å². The molecular weight excluding hydrogens is 438 g/mol. The molecule has 4 rings (SSSR count). The average molecular weight is 452 g/mol. The molecule has 0 radical (unpaired) electrons. The van der Waals surface area contributed by atoms with Crippen LogP contribution < -0.4 is 69.3 Å². The summed E-state index contributed by atoms with van der Waals surface area (Å²) in [7, 11) is 0. The second kappa shape index (κ2) is 11.4. The van der Waals surface area contributed by atoms with Crippen LogP contribution in [0.5, 0.6) is 23.0 Å². The van der Waals surface area contributed by atoms with Crippen molar-refractivity contribution < 1.29 is 99.3 Å². The maximum atomic E-state index is 11.4. The molecule has 152 valence electrons. The van der Waals surface area contributed by atoms with E-state index in [1.54, 1.807) is 48.5 Å². The van der Waals surface area contributed by atoms with E-state index in [0.29, 0.717) is 21.5 Å². The summed E-state index contributed by atoms with van der Waals surface area (Å²) in [4.78, 5) is 21.8. The standard InChI is InChI=1S/2C11H8O4.2Na/c2*12-8-5-6-3-1-2-4-7(6)9(10(8)13)11(14)15;;/h2*1-5,12-13H,(H,14,15);;/q;;2*+1/p-2. The van der Waals surface area contributed by atoms with E-state index in [9.17, 15) is 30.0 Å². The molecule has 0 aromatic heterocycles. The minimum absolute atomic E-state index is 0. The van der Waals surface area contributed by atoms with E-state index >= 15 is 0 Å². The molecule has 0 saturated heterocycles. The van der Waals surface area contributed by atoms with E-state index in [0.717, 1.165) is 0 Å². The molecule has 4 aromatic carbocycles. The van der Waals surface area contributed by atoms with Gasteiger partial charge in [-0.25, -0.2) is 9.59 Å². The van der Waals surface area contributed by atoms with E-state index in [2.05, 4.69) is 0 Å². The van der Waals surface area contributed by atoms with Crippen molar-refractivity contribution in [1.82, 2.24) is 0 Å². The van der Waals surface area contributed by atoms with Crippen LogP contribution >= 0.6 is 0 Å². The third-order valence-electron chi connectivity index (χ3n) is 4.39. The number of carboxylic acids is 2. The van der Waals surface area contributed by atoms with Gasteiger partial charge in [0.05, 0.1) is 11.1 Å². The van der Waals surface area contributed by atoms with Crippen molar-refractivity contribution in [3.63, 3.8) is 0 Å². The number of phenols is 2. The van der Waals surface area contributed by atoms with Crippen molar-refractivity contribution in [3.8, 4) is 23.0 Å². The topological polar surface area (TPSA) is 161 Å². The van der Waals surface area contributed by atoms with Crippen LogP contribution in [0.1, 0.15) is 20.7 Å². The molecule has 10 heteroatoms. The first-order valence-corrected chi connectivity index (χ1v) is 8.52. The number of aromatic hydroxyl groups is 2. The van der Waals surface area contributed by atoms with Gasteiger partial charge in [-0.2, -0.15) is 0 Å². The molecule has 0 atom stereocenters. The number of hydrogen-bond acceptors (Lipinski definition) is 6. The van der Waals surface area contributed by atoms with Crippen LogP contribution in [0, 0.1) is 0 Å². The van der Waals surface area contributed by atoms with Crippen LogP contribution in [-0.2, 0) is 0 Å². The minimum atomic E-state index is -1.33. The van der Waals surface area contributed by atoms with Crippen LogP contribution in [0.15, 0.2) is 60.7 Å². The summed E-state index contributed by atoms with van der Waals surface area (Å²) >= 11 is 0. The molecule has 0 spiro atoms. The van der Waals surface area contributed by atoms with Crippen LogP contribution in [0.25, 0.3) is 21.5 Å². The van der Waals surface area contributed by atoms with E-state index in [1.165, 1.54) is 12.1 Å². The van der Waals surface area contributed by atoms with Crippen molar-refractivity contribution in [2.75, 3.05) is 0 Å². The summed E-state index contributed by atoms with van der Waals surface area (Å²) in [6, 6.07) is 15.6. The Morgan fingerprint density at radius 2 is 0.938 bits per heavy atom. The minimum Gasteiger partial charge on any atom is -0.869 e. The molecule has 4 aromatic rings. The third-order valence-corrected chi connectivity index (χ3v) is 4.39. The Morgan fingerprint density at radius 3 is 1.25 bits per heavy atom. The molecule has 0 saturated carbocycles. The Labute approximate surface area is 226 Å². The van der Waals surface area contributed by atoms with E-state index in [1.807, 2.05) is 0 Å². The van der Waals surface area contributed by atoms with Crippen molar-refractivity contribution >= 4 is 33.5 Å². The Hall–Kier alpha value is -2.46. The van der Waals surface area contributed by atoms with Gasteiger partial charge in [-0.3, -0.25) is 0 Å². The summed E-state index contributed by atoms with van der Waals surface area (Å²) in [6.45, 7) is 0. The molecule has 0 bridgehead atoms. The second-order valence-corrected chi connectivity index (χ2v) is 6.25. The van der Waals surface area contributed by atoms with Crippen molar-refractivity contribution in [3.05, 3.63) is 71.8 Å². The fraction of sp³-hybridized carbons (Fsp3) is 0. The SMILES string of the molecule is O=C(O)c1c([O-])c(O)cc2ccccc12.O=C(O)c1c([O-])c(O)cc2ccccc12.[Na+].[Na+]. The second-order valence-electron chi connectivity index (χ2n) is 6.25. The molecule has 0 amide bonds. The third kappa shape index (κ3) is 5.47. The number of carbonyl (C=O) groups is 2. The quantitative estimate of drug-likeness (QED) is 0.229. The predicted molar refractivity (Wildman–Crippen MR) is 104 cm³/mol. The summed E-state index contributed by atoms with van der Waals surface area (Å²) in [5, 5.41) is 60.8. The smallest absolute Gasteiger partial charge is 0.869 e. The fourth-order valence-corrected chi connectivity index (χ4v) is 3.05. The first-order chi connectivity index (χ1) is 14.2. The molecule has 32 heavy (non-hydrogen) atoms. The van der Waals surface area contributed by atoms with Gasteiger partial charge in [-0.15, -0.1) is 0 Å². The average Bonchev–Trinajstić information content (AvgIpc) is 2.69. The Bertz CT molecular complexity index is 1200. The largest absolute Gasteiger partial charge is 1.00 e. The van der Waals surface area contributed by atoms with E-state index in [4.69, 9.17) is 10.2 Å². The zero-order chi connectivity index (χ0) is 22.0. The van der Waals surface area contributed by atoms with Crippen LogP contribution in [0.4, 0.5) is 0 Å². The van der Waals surface area contributed by atoms with Gasteiger partial charge < -0.3 is 30.6 Å². The number of hydrogen-bond donors (Lipinski definition) is 4. The van der Waals surface area contributed by atoms with Crippen LogP contribution in [-0.4, -0.2) is 32.4 Å². The summed E-state index contributed by atoms with van der Waals surface area (Å²) in [5.41, 5.74) is -0.767. The number of aromatic carboxylic acids is 2. The summed E-state index contributed by atoms with van der Waals surface area (Å²) in [6.07, 6.45) is 0. The number of carboxylic acid groups (broad SMARTS) is 2. The van der Waals surface area contributed by atoms with Gasteiger partial charge in [0.1, 0.15) is 11.5 Å². The molecule has 0 unspecified atom stereocenters. The van der Waals surface area contributed by atoms with Gasteiger partial charge in [0.25, 0.3) is 0 Å². The number of phenolic OH excluding ortho intramolecular Hbond substituents is 2. The van der Waals surface area contributed by atoms with E-state index in [-0.39, 0.29) is 70.2 Å². The normalized spacial score (nSPS) is 9.75. The zero-order valence-corrected chi connectivity index (χ0v) is 21.2. The summed E-state index contributed by atoms with van der Waals surface area (Å²) < 4.78 is 0.